The molecule has 2 aliphatic heterocycles. The number of hydrogen-bond donors (Lipinski definition) is 2. The van der Waals surface area contributed by atoms with Gasteiger partial charge in [0.2, 0.25) is 0 Å². The number of benzene rings is 1. The molecule has 256 valence electrons. The first kappa shape index (κ1) is 34.3. The fourth-order valence-electron chi connectivity index (χ4n) is 5.40. The second kappa shape index (κ2) is 14.8. The van der Waals surface area contributed by atoms with E-state index in [1.165, 1.54) is 24.1 Å². The van der Waals surface area contributed by atoms with Crippen molar-refractivity contribution in [1.82, 2.24) is 19.5 Å². The summed E-state index contributed by atoms with van der Waals surface area (Å²) in [6.45, 7) is 3.60. The molecule has 8 atom stereocenters. The molecule has 0 saturated carbocycles. The molecule has 2 fully saturated rings. The van der Waals surface area contributed by atoms with Gasteiger partial charge in [-0.25, -0.2) is 15.0 Å². The molecule has 2 aliphatic rings. The summed E-state index contributed by atoms with van der Waals surface area (Å²) in [5.41, 5.74) is 0.708. The largest absolute Gasteiger partial charge is 0.463 e. The minimum Gasteiger partial charge on any atom is -0.463 e. The third-order valence-electron chi connectivity index (χ3n) is 7.28. The highest BCUT2D eigenvalue weighted by atomic mass is 16.8. The van der Waals surface area contributed by atoms with Crippen LogP contribution in [0, 0.1) is 0 Å². The van der Waals surface area contributed by atoms with E-state index in [1.54, 1.807) is 30.3 Å². The normalized spacial score (nSPS) is 26.5. The number of esters is 4. The summed E-state index contributed by atoms with van der Waals surface area (Å²) < 4.78 is 41.3. The van der Waals surface area contributed by atoms with E-state index in [1.807, 2.05) is 0 Å². The molecule has 2 saturated heterocycles. The Labute approximate surface area is 272 Å². The second-order valence-corrected chi connectivity index (χ2v) is 10.8. The van der Waals surface area contributed by atoms with Crippen molar-refractivity contribution >= 4 is 46.8 Å². The predicted octanol–water partition coefficient (Wildman–Crippen LogP) is 0.437. The molecular formula is C30H33N5O13. The van der Waals surface area contributed by atoms with Gasteiger partial charge in [-0.1, -0.05) is 18.2 Å². The van der Waals surface area contributed by atoms with E-state index >= 15 is 0 Å². The Morgan fingerprint density at radius 2 is 1.46 bits per heavy atom. The van der Waals surface area contributed by atoms with Crippen molar-refractivity contribution in [2.24, 2.45) is 0 Å². The molecule has 0 radical (unpaired) electrons. The van der Waals surface area contributed by atoms with Crippen molar-refractivity contribution in [2.75, 3.05) is 18.5 Å². The highest BCUT2D eigenvalue weighted by Crippen LogP contribution is 2.39. The summed E-state index contributed by atoms with van der Waals surface area (Å²) in [5, 5.41) is 12.7. The molecule has 2 aromatic heterocycles. The fraction of sp³-hybridized carbons (Fsp3) is 0.467. The van der Waals surface area contributed by atoms with Crippen LogP contribution in [0.5, 0.6) is 0 Å². The first-order chi connectivity index (χ1) is 23.0. The summed E-state index contributed by atoms with van der Waals surface area (Å²) >= 11 is 0. The third-order valence-corrected chi connectivity index (χ3v) is 7.28. The minimum absolute atomic E-state index is 0.0835. The van der Waals surface area contributed by atoms with Crippen LogP contribution in [0.1, 0.15) is 44.3 Å². The Balaban J connectivity index is 1.53. The molecular weight excluding hydrogens is 638 g/mol. The Kier molecular flexibility index (Phi) is 10.6. The lowest BCUT2D eigenvalue weighted by Gasteiger charge is -2.29. The molecule has 2 N–H and O–H groups in total. The smallest absolute Gasteiger partial charge is 0.303 e. The van der Waals surface area contributed by atoms with E-state index in [4.69, 9.17) is 33.2 Å². The maximum atomic E-state index is 12.9. The molecule has 18 nitrogen and oxygen atoms in total. The highest BCUT2D eigenvalue weighted by Gasteiger charge is 2.56. The summed E-state index contributed by atoms with van der Waals surface area (Å²) in [6, 6.07) is 8.44. The standard InChI is InChI=1S/C30H33N5O13/c1-14(37)42-11-20-23(44-16(3)39)24(48-30-25(45-17(4)40)22(43-15(2)38)19(10-36)47-30)29(46-20)35-13-33-21-26(31-12-32-27(21)35)34-28(41)18-8-6-5-7-9-18/h5-9,12-13,19-20,22-25,29-30,36H,10-11H2,1-4H3,(H,31,32,34,41)/t19-,20-,22-,23-,24-,25-,29-,30+/m1/s1. The van der Waals surface area contributed by atoms with E-state index in [0.717, 1.165) is 20.8 Å². The van der Waals surface area contributed by atoms with Crippen molar-refractivity contribution in [1.29, 1.82) is 0 Å². The first-order valence-electron chi connectivity index (χ1n) is 14.7. The van der Waals surface area contributed by atoms with E-state index in [0.29, 0.717) is 5.56 Å². The SMILES string of the molecule is CC(=O)OC[C@H]1O[C@@H](n2cnc3c(NC(=O)c4ccccc4)ncnc32)[C@H](O[C@@H]2O[C@H](CO)[C@@H](OC(C)=O)[C@H]2OC(C)=O)[C@@H]1OC(C)=O. The molecule has 5 rings (SSSR count). The van der Waals surface area contributed by atoms with Crippen LogP contribution in [0.2, 0.25) is 0 Å². The average molecular weight is 672 g/mol. The number of aromatic nitrogens is 4. The van der Waals surface area contributed by atoms with Crippen LogP contribution in [0.25, 0.3) is 11.2 Å². The fourth-order valence-corrected chi connectivity index (χ4v) is 5.40. The van der Waals surface area contributed by atoms with Crippen molar-refractivity contribution in [3.05, 3.63) is 48.5 Å². The lowest BCUT2D eigenvalue weighted by molar-refractivity contribution is -0.228. The van der Waals surface area contributed by atoms with Crippen LogP contribution >= 0.6 is 0 Å². The average Bonchev–Trinajstić information content (AvgIpc) is 3.70. The van der Waals surface area contributed by atoms with Gasteiger partial charge in [-0.2, -0.15) is 0 Å². The second-order valence-electron chi connectivity index (χ2n) is 10.8. The van der Waals surface area contributed by atoms with Crippen LogP contribution in [0.3, 0.4) is 0 Å². The van der Waals surface area contributed by atoms with Gasteiger partial charge in [0, 0.05) is 33.3 Å². The zero-order valence-electron chi connectivity index (χ0n) is 26.2. The first-order valence-corrected chi connectivity index (χ1v) is 14.7. The van der Waals surface area contributed by atoms with Gasteiger partial charge in [-0.15, -0.1) is 0 Å². The minimum atomic E-state index is -1.48. The number of nitrogens with zero attached hydrogens (tertiary/aromatic N) is 4. The number of ether oxygens (including phenoxy) is 7. The number of rotatable bonds is 11. The van der Waals surface area contributed by atoms with Crippen molar-refractivity contribution < 1.29 is 62.2 Å². The zero-order valence-corrected chi connectivity index (χ0v) is 26.2. The zero-order chi connectivity index (χ0) is 34.5. The molecule has 0 spiro atoms. The molecule has 48 heavy (non-hydrogen) atoms. The van der Waals surface area contributed by atoms with Gasteiger partial charge in [0.05, 0.1) is 12.9 Å². The summed E-state index contributed by atoms with van der Waals surface area (Å²) in [4.78, 5) is 73.8. The Morgan fingerprint density at radius 3 is 2.08 bits per heavy atom. The van der Waals surface area contributed by atoms with Gasteiger partial charge in [0.1, 0.15) is 31.2 Å². The predicted molar refractivity (Wildman–Crippen MR) is 158 cm³/mol. The van der Waals surface area contributed by atoms with E-state index in [9.17, 15) is 29.1 Å². The Bertz CT molecular complexity index is 1670. The maximum absolute atomic E-state index is 12.9. The lowest BCUT2D eigenvalue weighted by atomic mass is 10.1. The van der Waals surface area contributed by atoms with E-state index < -0.39 is 85.5 Å². The van der Waals surface area contributed by atoms with Gasteiger partial charge in [-0.05, 0) is 12.1 Å². The molecule has 1 amide bonds. The lowest BCUT2D eigenvalue weighted by Crippen LogP contribution is -2.46. The molecule has 1 aromatic carbocycles. The monoisotopic (exact) mass is 671 g/mol. The molecule has 0 aliphatic carbocycles. The molecule has 3 aromatic rings. The Morgan fingerprint density at radius 1 is 0.812 bits per heavy atom. The molecule has 0 bridgehead atoms. The van der Waals surface area contributed by atoms with Crippen molar-refractivity contribution in [3.63, 3.8) is 0 Å². The van der Waals surface area contributed by atoms with Gasteiger partial charge in [0.25, 0.3) is 5.91 Å². The third kappa shape index (κ3) is 7.57. The number of anilines is 1. The number of imidazole rings is 1. The number of nitrogens with one attached hydrogen (secondary N) is 1. The van der Waals surface area contributed by atoms with Gasteiger partial charge >= 0.3 is 23.9 Å². The van der Waals surface area contributed by atoms with Crippen molar-refractivity contribution in [3.8, 4) is 0 Å². The van der Waals surface area contributed by atoms with Crippen LogP contribution in [-0.4, -0.2) is 111 Å². The number of aliphatic hydroxyl groups excluding tert-OH is 1. The van der Waals surface area contributed by atoms with Crippen LogP contribution in [0.4, 0.5) is 5.82 Å². The van der Waals surface area contributed by atoms with Crippen LogP contribution in [0.15, 0.2) is 43.0 Å². The molecule has 0 unspecified atom stereocenters. The number of amides is 1. The van der Waals surface area contributed by atoms with Crippen LogP contribution < -0.4 is 5.32 Å². The number of fused-ring (bicyclic) bond motifs is 1. The Hall–Kier alpha value is -5.04. The highest BCUT2D eigenvalue weighted by molar-refractivity contribution is 6.06. The maximum Gasteiger partial charge on any atom is 0.303 e. The van der Waals surface area contributed by atoms with Gasteiger partial charge < -0.3 is 43.6 Å². The number of carbonyl (C=O) groups is 5. The van der Waals surface area contributed by atoms with Gasteiger partial charge in [0.15, 0.2) is 47.8 Å². The van der Waals surface area contributed by atoms with Crippen LogP contribution in [-0.2, 0) is 52.3 Å². The number of hydrogen-bond acceptors (Lipinski definition) is 16. The molecule has 4 heterocycles. The summed E-state index contributed by atoms with van der Waals surface area (Å²) in [5.74, 6) is -3.23. The number of aliphatic hydroxyl groups is 1. The quantitative estimate of drug-likeness (QED) is 0.208. The summed E-state index contributed by atoms with van der Waals surface area (Å²) in [7, 11) is 0. The van der Waals surface area contributed by atoms with E-state index in [-0.39, 0.29) is 23.6 Å². The van der Waals surface area contributed by atoms with Gasteiger partial charge in [-0.3, -0.25) is 28.5 Å². The molecule has 18 heteroatoms. The van der Waals surface area contributed by atoms with E-state index in [2.05, 4.69) is 20.3 Å². The summed E-state index contributed by atoms with van der Waals surface area (Å²) in [6.07, 6.45) is -7.64. The number of carbonyl (C=O) groups excluding carboxylic acids is 5. The van der Waals surface area contributed by atoms with Crippen molar-refractivity contribution in [2.45, 2.75) is 76.8 Å². The topological polar surface area (TPSA) is 226 Å².